The van der Waals surface area contributed by atoms with Gasteiger partial charge in [-0.2, -0.15) is 0 Å². The number of nitrogens with zero attached hydrogens (tertiary/aromatic N) is 1. The second-order valence-corrected chi connectivity index (χ2v) is 26.7. The summed E-state index contributed by atoms with van der Waals surface area (Å²) >= 11 is 0. The largest absolute Gasteiger partial charge is 0.472 e. The fraction of sp³-hybridized carbons (Fsp3) is 0.887. The number of likely N-dealkylation sites (N-methyl/N-ethyl adjacent to an activating group) is 1. The van der Waals surface area contributed by atoms with Crippen LogP contribution in [0.3, 0.4) is 0 Å². The first-order chi connectivity index (χ1) is 39.5. The molecule has 478 valence electrons. The number of phosphoric ester groups is 1. The quantitative estimate of drug-likeness (QED) is 0.0211. The second-order valence-electron chi connectivity index (χ2n) is 25.3. The number of unbranched alkanes of at least 4 members (excludes halogenated alkanes) is 46. The van der Waals surface area contributed by atoms with E-state index in [4.69, 9.17) is 18.5 Å². The number of esters is 2. The lowest BCUT2D eigenvalue weighted by molar-refractivity contribution is -0.870. The van der Waals surface area contributed by atoms with Crippen LogP contribution in [0.4, 0.5) is 0 Å². The first kappa shape index (κ1) is 79.2. The van der Waals surface area contributed by atoms with Gasteiger partial charge in [0, 0.05) is 12.8 Å². The van der Waals surface area contributed by atoms with Crippen LogP contribution >= 0.6 is 7.82 Å². The van der Waals surface area contributed by atoms with E-state index in [1.165, 1.54) is 263 Å². The summed E-state index contributed by atoms with van der Waals surface area (Å²) in [6.07, 6.45) is 79.9. The van der Waals surface area contributed by atoms with Crippen molar-refractivity contribution in [3.8, 4) is 0 Å². The zero-order valence-corrected chi connectivity index (χ0v) is 55.4. The lowest BCUT2D eigenvalue weighted by atomic mass is 10.0. The molecule has 0 aromatic carbocycles. The molecule has 9 nitrogen and oxygen atoms in total. The Labute approximate surface area is 503 Å². The maximum Gasteiger partial charge on any atom is 0.472 e. The van der Waals surface area contributed by atoms with Crippen LogP contribution in [0, 0.1) is 0 Å². The highest BCUT2D eigenvalue weighted by molar-refractivity contribution is 7.47. The molecule has 0 saturated carbocycles. The Morgan fingerprint density at radius 3 is 0.988 bits per heavy atom. The van der Waals surface area contributed by atoms with E-state index in [1.807, 2.05) is 21.1 Å². The predicted octanol–water partition coefficient (Wildman–Crippen LogP) is 22.7. The molecule has 10 heteroatoms. The fourth-order valence-corrected chi connectivity index (χ4v) is 11.2. The lowest BCUT2D eigenvalue weighted by Gasteiger charge is -2.24. The van der Waals surface area contributed by atoms with E-state index in [9.17, 15) is 19.0 Å². The number of ether oxygens (including phenoxy) is 2. The van der Waals surface area contributed by atoms with Crippen molar-refractivity contribution >= 4 is 19.8 Å². The molecule has 0 amide bonds. The summed E-state index contributed by atoms with van der Waals surface area (Å²) in [4.78, 5) is 35.7. The second kappa shape index (κ2) is 62.8. The monoisotopic (exact) mass is 1160 g/mol. The van der Waals surface area contributed by atoms with Gasteiger partial charge in [-0.3, -0.25) is 18.6 Å². The van der Waals surface area contributed by atoms with Crippen molar-refractivity contribution in [2.45, 2.75) is 360 Å². The van der Waals surface area contributed by atoms with Gasteiger partial charge in [-0.05, 0) is 70.6 Å². The van der Waals surface area contributed by atoms with E-state index in [0.717, 1.165) is 57.8 Å². The zero-order valence-electron chi connectivity index (χ0n) is 54.5. The average Bonchev–Trinajstić information content (AvgIpc) is 3.43. The molecule has 0 radical (unpaired) electrons. The van der Waals surface area contributed by atoms with Crippen LogP contribution < -0.4 is 0 Å². The van der Waals surface area contributed by atoms with E-state index in [-0.39, 0.29) is 32.0 Å². The molecular weight excluding hydrogens is 1030 g/mol. The number of hydrogen-bond acceptors (Lipinski definition) is 7. The van der Waals surface area contributed by atoms with Gasteiger partial charge in [0.25, 0.3) is 0 Å². The molecule has 1 N–H and O–H groups in total. The number of rotatable bonds is 66. The van der Waals surface area contributed by atoms with Gasteiger partial charge in [0.1, 0.15) is 19.8 Å². The third-order valence-corrected chi connectivity index (χ3v) is 16.9. The minimum Gasteiger partial charge on any atom is -0.462 e. The van der Waals surface area contributed by atoms with Crippen LogP contribution in [-0.2, 0) is 32.7 Å². The zero-order chi connectivity index (χ0) is 59.1. The molecule has 0 aliphatic carbocycles. The summed E-state index contributed by atoms with van der Waals surface area (Å²) < 4.78 is 34.6. The topological polar surface area (TPSA) is 108 Å². The summed E-state index contributed by atoms with van der Waals surface area (Å²) in [5.41, 5.74) is 0. The van der Waals surface area contributed by atoms with Gasteiger partial charge in [0.05, 0.1) is 27.7 Å². The molecule has 0 aromatic heterocycles. The molecule has 0 aromatic rings. The standard InChI is InChI=1S/C71H136NO8P/c1-6-8-10-12-14-16-18-20-22-24-25-26-27-28-29-30-31-32-33-34-35-36-37-38-39-40-41-42-43-44-45-46-47-48-50-52-54-56-58-60-62-64-71(74)80-69(68-79-81(75,76)78-66-65-72(3,4)5)67-77-70(73)63-61-59-57-55-53-51-49-23-21-19-17-15-13-11-9-7-2/h18,20,23-25,49,69H,6-17,19,21-22,26-48,50-68H2,1-5H3/p+1/b20-18-,25-24-,49-23-. The molecule has 0 heterocycles. The third kappa shape index (κ3) is 67.2. The van der Waals surface area contributed by atoms with E-state index >= 15 is 0 Å². The molecule has 2 unspecified atom stereocenters. The molecule has 0 bridgehead atoms. The number of hydrogen-bond donors (Lipinski definition) is 1. The Hall–Kier alpha value is -1.77. The lowest BCUT2D eigenvalue weighted by Crippen LogP contribution is -2.37. The van der Waals surface area contributed by atoms with Crippen molar-refractivity contribution in [2.75, 3.05) is 47.5 Å². The Bertz CT molecular complexity index is 1460. The summed E-state index contributed by atoms with van der Waals surface area (Å²) in [6.45, 7) is 4.46. The summed E-state index contributed by atoms with van der Waals surface area (Å²) in [7, 11) is 1.49. The van der Waals surface area contributed by atoms with Crippen LogP contribution in [0.25, 0.3) is 0 Å². The van der Waals surface area contributed by atoms with Crippen molar-refractivity contribution < 1.29 is 42.1 Å². The van der Waals surface area contributed by atoms with Gasteiger partial charge >= 0.3 is 19.8 Å². The molecule has 0 aliphatic heterocycles. The number of carbonyl (C=O) groups excluding carboxylic acids is 2. The molecule has 0 spiro atoms. The molecule has 81 heavy (non-hydrogen) atoms. The number of quaternary nitrogens is 1. The van der Waals surface area contributed by atoms with Crippen molar-refractivity contribution in [3.63, 3.8) is 0 Å². The predicted molar refractivity (Wildman–Crippen MR) is 349 cm³/mol. The van der Waals surface area contributed by atoms with Gasteiger partial charge in [-0.1, -0.05) is 307 Å². The Kier molecular flexibility index (Phi) is 61.4. The van der Waals surface area contributed by atoms with Crippen molar-refractivity contribution in [3.05, 3.63) is 36.5 Å². The summed E-state index contributed by atoms with van der Waals surface area (Å²) in [5, 5.41) is 0. The minimum atomic E-state index is -4.39. The van der Waals surface area contributed by atoms with Crippen LogP contribution in [0.2, 0.25) is 0 Å². The number of allylic oxidation sites excluding steroid dienone is 6. The van der Waals surface area contributed by atoms with Gasteiger partial charge in [-0.25, -0.2) is 4.57 Å². The van der Waals surface area contributed by atoms with E-state index in [0.29, 0.717) is 17.4 Å². The molecule has 2 atom stereocenters. The van der Waals surface area contributed by atoms with Crippen LogP contribution in [0.15, 0.2) is 36.5 Å². The van der Waals surface area contributed by atoms with Crippen LogP contribution in [0.5, 0.6) is 0 Å². The summed E-state index contributed by atoms with van der Waals surface area (Å²) in [5.74, 6) is -0.789. The average molecular weight is 1160 g/mol. The Morgan fingerprint density at radius 1 is 0.383 bits per heavy atom. The van der Waals surface area contributed by atoms with Crippen molar-refractivity contribution in [2.24, 2.45) is 0 Å². The van der Waals surface area contributed by atoms with Gasteiger partial charge in [0.2, 0.25) is 0 Å². The Morgan fingerprint density at radius 2 is 0.667 bits per heavy atom. The smallest absolute Gasteiger partial charge is 0.462 e. The maximum atomic E-state index is 12.9. The Balaban J connectivity index is 3.85. The van der Waals surface area contributed by atoms with Gasteiger partial charge < -0.3 is 18.9 Å². The third-order valence-electron chi connectivity index (χ3n) is 15.9. The van der Waals surface area contributed by atoms with Crippen molar-refractivity contribution in [1.82, 2.24) is 0 Å². The molecule has 0 fully saturated rings. The normalized spacial score (nSPS) is 13.3. The molecule has 0 rings (SSSR count). The molecule has 0 aliphatic rings. The van der Waals surface area contributed by atoms with E-state index < -0.39 is 26.5 Å². The van der Waals surface area contributed by atoms with Crippen molar-refractivity contribution in [1.29, 1.82) is 0 Å². The van der Waals surface area contributed by atoms with Gasteiger partial charge in [0.15, 0.2) is 6.10 Å². The van der Waals surface area contributed by atoms with Crippen LogP contribution in [-0.4, -0.2) is 74.9 Å². The number of carbonyl (C=O) groups is 2. The highest BCUT2D eigenvalue weighted by Gasteiger charge is 2.27. The minimum absolute atomic E-state index is 0.0331. The number of phosphoric acid groups is 1. The molecule has 0 saturated heterocycles. The first-order valence-corrected chi connectivity index (χ1v) is 36.7. The SMILES string of the molecule is CCCCCCC/C=C\C/C=C\CCCCCCCCCCCCCCCCCCCCCCCCCCCCCCCC(=O)OC(COC(=O)CCCCCCC/C=C\CCCCCCCCC)COP(=O)(O)OCC[N+](C)(C)C. The first-order valence-electron chi connectivity index (χ1n) is 35.2. The van der Waals surface area contributed by atoms with Crippen LogP contribution in [0.1, 0.15) is 354 Å². The fourth-order valence-electron chi connectivity index (χ4n) is 10.5. The van der Waals surface area contributed by atoms with Gasteiger partial charge in [-0.15, -0.1) is 0 Å². The summed E-state index contributed by atoms with van der Waals surface area (Å²) in [6, 6.07) is 0. The molecular formula is C71H137NO8P+. The van der Waals surface area contributed by atoms with E-state index in [1.54, 1.807) is 0 Å². The van der Waals surface area contributed by atoms with E-state index in [2.05, 4.69) is 50.3 Å². The highest BCUT2D eigenvalue weighted by Crippen LogP contribution is 2.43. The maximum absolute atomic E-state index is 12.9. The highest BCUT2D eigenvalue weighted by atomic mass is 31.2.